The standard InChI is InChI=1S/C21H23N3O2/c1-2-17-7-6-10-19(15-17)22-21(26)24-13-11-23(12-14-24)16-20(25)18-8-4-3-5-9-18/h1,3-10,15,20,25H,11-14,16H2,(H,22,26)/t20-/m1/s1. The van der Waals surface area contributed by atoms with Gasteiger partial charge in [0.25, 0.3) is 0 Å². The van der Waals surface area contributed by atoms with Crippen molar-refractivity contribution in [1.82, 2.24) is 9.80 Å². The van der Waals surface area contributed by atoms with E-state index < -0.39 is 6.10 Å². The molecule has 2 aromatic carbocycles. The second-order valence-electron chi connectivity index (χ2n) is 6.37. The van der Waals surface area contributed by atoms with Crippen LogP contribution in [-0.4, -0.2) is 53.7 Å². The molecule has 2 amide bonds. The number of hydrogen-bond donors (Lipinski definition) is 2. The molecule has 5 nitrogen and oxygen atoms in total. The van der Waals surface area contributed by atoms with Crippen LogP contribution in [0, 0.1) is 12.3 Å². The van der Waals surface area contributed by atoms with Crippen molar-refractivity contribution < 1.29 is 9.90 Å². The van der Waals surface area contributed by atoms with E-state index in [1.165, 1.54) is 0 Å². The lowest BCUT2D eigenvalue weighted by Gasteiger charge is -2.35. The molecule has 3 rings (SSSR count). The van der Waals surface area contributed by atoms with Gasteiger partial charge in [0.15, 0.2) is 0 Å². The number of terminal acetylenes is 1. The van der Waals surface area contributed by atoms with Crippen molar-refractivity contribution in [3.05, 3.63) is 65.7 Å². The molecule has 0 aliphatic carbocycles. The zero-order chi connectivity index (χ0) is 18.4. The number of piperazine rings is 1. The van der Waals surface area contributed by atoms with Crippen molar-refractivity contribution in [2.45, 2.75) is 6.10 Å². The Kier molecular flexibility index (Phi) is 5.90. The van der Waals surface area contributed by atoms with Crippen molar-refractivity contribution in [2.24, 2.45) is 0 Å². The number of carbonyl (C=O) groups excluding carboxylic acids is 1. The number of amides is 2. The minimum absolute atomic E-state index is 0.123. The molecular formula is C21H23N3O2. The average Bonchev–Trinajstić information content (AvgIpc) is 2.69. The summed E-state index contributed by atoms with van der Waals surface area (Å²) in [7, 11) is 0. The van der Waals surface area contributed by atoms with Gasteiger partial charge in [-0.25, -0.2) is 4.79 Å². The highest BCUT2D eigenvalue weighted by atomic mass is 16.3. The Morgan fingerprint density at radius 3 is 2.54 bits per heavy atom. The first-order valence-electron chi connectivity index (χ1n) is 8.73. The average molecular weight is 349 g/mol. The number of hydrogen-bond acceptors (Lipinski definition) is 3. The topological polar surface area (TPSA) is 55.8 Å². The predicted molar refractivity (Wildman–Crippen MR) is 103 cm³/mol. The van der Waals surface area contributed by atoms with Gasteiger partial charge in [-0.1, -0.05) is 42.3 Å². The number of anilines is 1. The van der Waals surface area contributed by atoms with Gasteiger partial charge in [-0.05, 0) is 23.8 Å². The first kappa shape index (κ1) is 18.0. The molecule has 0 saturated carbocycles. The number of aliphatic hydroxyl groups is 1. The van der Waals surface area contributed by atoms with Crippen molar-refractivity contribution in [3.8, 4) is 12.3 Å². The third-order valence-corrected chi connectivity index (χ3v) is 4.56. The number of nitrogens with zero attached hydrogens (tertiary/aromatic N) is 2. The molecule has 0 aromatic heterocycles. The van der Waals surface area contributed by atoms with Gasteiger partial charge in [0.2, 0.25) is 0 Å². The van der Waals surface area contributed by atoms with Crippen LogP contribution in [0.4, 0.5) is 10.5 Å². The highest BCUT2D eigenvalue weighted by Crippen LogP contribution is 2.16. The smallest absolute Gasteiger partial charge is 0.321 e. The van der Waals surface area contributed by atoms with Gasteiger partial charge in [-0.3, -0.25) is 4.90 Å². The van der Waals surface area contributed by atoms with Gasteiger partial charge in [0.05, 0.1) is 6.10 Å². The molecule has 26 heavy (non-hydrogen) atoms. The van der Waals surface area contributed by atoms with Crippen LogP contribution in [0.1, 0.15) is 17.2 Å². The Labute approximate surface area is 154 Å². The van der Waals surface area contributed by atoms with Crippen LogP contribution in [-0.2, 0) is 0 Å². The maximum absolute atomic E-state index is 12.4. The van der Waals surface area contributed by atoms with Crippen LogP contribution in [0.2, 0.25) is 0 Å². The largest absolute Gasteiger partial charge is 0.387 e. The summed E-state index contributed by atoms with van der Waals surface area (Å²) in [4.78, 5) is 16.4. The molecule has 2 N–H and O–H groups in total. The van der Waals surface area contributed by atoms with Gasteiger partial charge in [-0.15, -0.1) is 6.42 Å². The number of rotatable bonds is 4. The summed E-state index contributed by atoms with van der Waals surface area (Å²) in [5, 5.41) is 13.2. The Hall–Kier alpha value is -2.81. The van der Waals surface area contributed by atoms with Crippen molar-refractivity contribution >= 4 is 11.7 Å². The SMILES string of the molecule is C#Cc1cccc(NC(=O)N2CCN(C[C@@H](O)c3ccccc3)CC2)c1. The minimum atomic E-state index is -0.511. The summed E-state index contributed by atoms with van der Waals surface area (Å²) in [5.41, 5.74) is 2.36. The molecule has 0 spiro atoms. The predicted octanol–water partition coefficient (Wildman–Crippen LogP) is 2.55. The summed E-state index contributed by atoms with van der Waals surface area (Å²) in [6, 6.07) is 16.8. The molecule has 134 valence electrons. The quantitative estimate of drug-likeness (QED) is 0.834. The number of carbonyl (C=O) groups is 1. The van der Waals surface area contributed by atoms with E-state index in [1.54, 1.807) is 11.0 Å². The zero-order valence-corrected chi connectivity index (χ0v) is 14.6. The fourth-order valence-electron chi connectivity index (χ4n) is 3.05. The summed E-state index contributed by atoms with van der Waals surface area (Å²) in [6.45, 7) is 3.30. The van der Waals surface area contributed by atoms with Gasteiger partial charge >= 0.3 is 6.03 Å². The lowest BCUT2D eigenvalue weighted by Crippen LogP contribution is -2.50. The minimum Gasteiger partial charge on any atom is -0.387 e. The first-order valence-corrected chi connectivity index (χ1v) is 8.73. The van der Waals surface area contributed by atoms with Gasteiger partial charge < -0.3 is 15.3 Å². The lowest BCUT2D eigenvalue weighted by atomic mass is 10.1. The number of nitrogens with one attached hydrogen (secondary N) is 1. The molecule has 5 heteroatoms. The fraction of sp³-hybridized carbons (Fsp3) is 0.286. The van der Waals surface area contributed by atoms with E-state index in [0.717, 1.165) is 24.2 Å². The van der Waals surface area contributed by atoms with Crippen LogP contribution in [0.3, 0.4) is 0 Å². The molecule has 1 aliphatic heterocycles. The van der Waals surface area contributed by atoms with Crippen LogP contribution in [0.25, 0.3) is 0 Å². The van der Waals surface area contributed by atoms with Crippen LogP contribution < -0.4 is 5.32 Å². The van der Waals surface area contributed by atoms with Crippen molar-refractivity contribution in [2.75, 3.05) is 38.0 Å². The number of benzene rings is 2. The van der Waals surface area contributed by atoms with Gasteiger partial charge in [0, 0.05) is 44.0 Å². The molecule has 0 bridgehead atoms. The molecule has 2 aromatic rings. The van der Waals surface area contributed by atoms with E-state index in [2.05, 4.69) is 16.1 Å². The summed E-state index contributed by atoms with van der Waals surface area (Å²) < 4.78 is 0. The molecule has 1 atom stereocenters. The summed E-state index contributed by atoms with van der Waals surface area (Å²) in [6.07, 6.45) is 4.88. The van der Waals surface area contributed by atoms with Crippen molar-refractivity contribution in [3.63, 3.8) is 0 Å². The Bertz CT molecular complexity index is 777. The summed E-state index contributed by atoms with van der Waals surface area (Å²) >= 11 is 0. The van der Waals surface area contributed by atoms with E-state index in [1.807, 2.05) is 48.5 Å². The third kappa shape index (κ3) is 4.63. The van der Waals surface area contributed by atoms with E-state index in [-0.39, 0.29) is 6.03 Å². The first-order chi connectivity index (χ1) is 12.7. The Morgan fingerprint density at radius 2 is 1.85 bits per heavy atom. The van der Waals surface area contributed by atoms with E-state index >= 15 is 0 Å². The molecule has 0 radical (unpaired) electrons. The number of urea groups is 1. The third-order valence-electron chi connectivity index (χ3n) is 4.56. The zero-order valence-electron chi connectivity index (χ0n) is 14.6. The molecule has 0 unspecified atom stereocenters. The second kappa shape index (κ2) is 8.52. The van der Waals surface area contributed by atoms with E-state index in [9.17, 15) is 9.90 Å². The van der Waals surface area contributed by atoms with E-state index in [4.69, 9.17) is 6.42 Å². The summed E-state index contributed by atoms with van der Waals surface area (Å²) in [5.74, 6) is 2.56. The van der Waals surface area contributed by atoms with Crippen LogP contribution in [0.5, 0.6) is 0 Å². The molecule has 1 fully saturated rings. The Balaban J connectivity index is 1.48. The highest BCUT2D eigenvalue weighted by molar-refractivity contribution is 5.89. The lowest BCUT2D eigenvalue weighted by molar-refractivity contribution is 0.0831. The molecular weight excluding hydrogens is 326 g/mol. The second-order valence-corrected chi connectivity index (χ2v) is 6.37. The van der Waals surface area contributed by atoms with Crippen molar-refractivity contribution in [1.29, 1.82) is 0 Å². The maximum Gasteiger partial charge on any atom is 0.321 e. The molecule has 1 heterocycles. The normalized spacial score (nSPS) is 15.9. The van der Waals surface area contributed by atoms with Crippen LogP contribution in [0.15, 0.2) is 54.6 Å². The fourth-order valence-corrected chi connectivity index (χ4v) is 3.05. The monoisotopic (exact) mass is 349 g/mol. The number of aliphatic hydroxyl groups excluding tert-OH is 1. The number of β-amino-alcohol motifs (C(OH)–C–C–N with tert-alkyl or cyclic N) is 1. The van der Waals surface area contributed by atoms with Gasteiger partial charge in [-0.2, -0.15) is 0 Å². The molecule has 1 aliphatic rings. The van der Waals surface area contributed by atoms with E-state index in [0.29, 0.717) is 25.3 Å². The molecule has 1 saturated heterocycles. The van der Waals surface area contributed by atoms with Gasteiger partial charge in [0.1, 0.15) is 0 Å². The Morgan fingerprint density at radius 1 is 1.12 bits per heavy atom. The maximum atomic E-state index is 12.4. The van der Waals surface area contributed by atoms with Crippen LogP contribution >= 0.6 is 0 Å². The highest BCUT2D eigenvalue weighted by Gasteiger charge is 2.23.